The fourth-order valence-electron chi connectivity index (χ4n) is 2.95. The highest BCUT2D eigenvalue weighted by Gasteiger charge is 2.28. The number of anilines is 1. The van der Waals surface area contributed by atoms with Crippen LogP contribution in [0.2, 0.25) is 5.02 Å². The average molecular weight is 334 g/mol. The van der Waals surface area contributed by atoms with E-state index in [-0.39, 0.29) is 11.9 Å². The van der Waals surface area contributed by atoms with Crippen LogP contribution in [-0.4, -0.2) is 45.1 Å². The van der Waals surface area contributed by atoms with E-state index in [1.54, 1.807) is 18.3 Å². The lowest BCUT2D eigenvalue weighted by atomic mass is 9.94. The molecule has 3 rings (SSSR count). The van der Waals surface area contributed by atoms with Crippen LogP contribution in [0.25, 0.3) is 0 Å². The Morgan fingerprint density at radius 2 is 2.35 bits per heavy atom. The molecule has 0 bridgehead atoms. The van der Waals surface area contributed by atoms with Gasteiger partial charge in [-0.3, -0.25) is 14.8 Å². The number of rotatable bonds is 4. The number of carbonyl (C=O) groups excluding carboxylic acids is 1. The molecule has 2 aromatic heterocycles. The van der Waals surface area contributed by atoms with Crippen LogP contribution in [0.1, 0.15) is 31.4 Å². The predicted octanol–water partition coefficient (Wildman–Crippen LogP) is 2.66. The molecule has 0 saturated carbocycles. The number of nitrogens with zero attached hydrogens (tertiary/aromatic N) is 3. The molecule has 6 nitrogen and oxygen atoms in total. The Bertz CT molecular complexity index is 643. The first-order valence-electron chi connectivity index (χ1n) is 7.79. The highest BCUT2D eigenvalue weighted by Crippen LogP contribution is 2.26. The molecule has 2 N–H and O–H groups in total. The molecule has 0 aromatic carbocycles. The van der Waals surface area contributed by atoms with Crippen molar-refractivity contribution in [2.75, 3.05) is 18.4 Å². The lowest BCUT2D eigenvalue weighted by molar-refractivity contribution is -0.121. The fraction of sp³-hybridized carbons (Fsp3) is 0.438. The highest BCUT2D eigenvalue weighted by atomic mass is 35.5. The van der Waals surface area contributed by atoms with Crippen LogP contribution in [0.4, 0.5) is 5.82 Å². The van der Waals surface area contributed by atoms with Crippen LogP contribution in [-0.2, 0) is 4.79 Å². The summed E-state index contributed by atoms with van der Waals surface area (Å²) < 4.78 is 0. The summed E-state index contributed by atoms with van der Waals surface area (Å²) in [5.41, 5.74) is 1.14. The quantitative estimate of drug-likeness (QED) is 0.902. The van der Waals surface area contributed by atoms with Crippen LogP contribution in [0, 0.1) is 0 Å². The van der Waals surface area contributed by atoms with Gasteiger partial charge in [-0.25, -0.2) is 4.98 Å². The average Bonchev–Trinajstić information content (AvgIpc) is 3.11. The van der Waals surface area contributed by atoms with Gasteiger partial charge in [-0.2, -0.15) is 5.10 Å². The zero-order chi connectivity index (χ0) is 16.2. The summed E-state index contributed by atoms with van der Waals surface area (Å²) in [6.45, 7) is 3.71. The van der Waals surface area contributed by atoms with Crippen LogP contribution < -0.4 is 5.32 Å². The summed E-state index contributed by atoms with van der Waals surface area (Å²) in [6.07, 6.45) is 5.49. The van der Waals surface area contributed by atoms with E-state index >= 15 is 0 Å². The first-order valence-corrected chi connectivity index (χ1v) is 8.17. The third kappa shape index (κ3) is 3.89. The van der Waals surface area contributed by atoms with E-state index in [4.69, 9.17) is 11.6 Å². The molecular formula is C16H20ClN5O. The van der Waals surface area contributed by atoms with Crippen LogP contribution >= 0.6 is 11.6 Å². The number of piperidine rings is 1. The molecule has 0 radical (unpaired) electrons. The second-order valence-electron chi connectivity index (χ2n) is 5.87. The Hall–Kier alpha value is -1.92. The number of nitrogens with one attached hydrogen (secondary N) is 2. The Morgan fingerprint density at radius 1 is 1.48 bits per heavy atom. The van der Waals surface area contributed by atoms with Gasteiger partial charge in [-0.05, 0) is 44.5 Å². The van der Waals surface area contributed by atoms with Gasteiger partial charge in [-0.15, -0.1) is 0 Å². The molecule has 2 aromatic rings. The van der Waals surface area contributed by atoms with Gasteiger partial charge in [0.05, 0.1) is 11.1 Å². The maximum absolute atomic E-state index is 12.4. The summed E-state index contributed by atoms with van der Waals surface area (Å²) in [7, 11) is 0. The van der Waals surface area contributed by atoms with Gasteiger partial charge in [0.25, 0.3) is 0 Å². The van der Waals surface area contributed by atoms with Crippen molar-refractivity contribution >= 4 is 23.3 Å². The Kier molecular flexibility index (Phi) is 4.93. The number of likely N-dealkylation sites (tertiary alicyclic amines) is 1. The standard InChI is InChI=1S/C16H20ClN5O/c1-11(16(23)20-15-5-4-13(17)9-18-15)22-8-2-3-12(10-22)14-6-7-19-21-14/h4-7,9,11-12H,2-3,8,10H2,1H3,(H,19,21)(H,18,20,23)/t11-,12-/m1/s1. The molecule has 0 spiro atoms. The zero-order valence-electron chi connectivity index (χ0n) is 13.0. The van der Waals surface area contributed by atoms with E-state index in [1.165, 1.54) is 6.20 Å². The van der Waals surface area contributed by atoms with E-state index in [0.717, 1.165) is 31.6 Å². The van der Waals surface area contributed by atoms with Gasteiger partial charge in [-0.1, -0.05) is 11.6 Å². The summed E-state index contributed by atoms with van der Waals surface area (Å²) in [6, 6.07) is 5.22. The maximum atomic E-state index is 12.4. The van der Waals surface area contributed by atoms with Crippen LogP contribution in [0.15, 0.2) is 30.6 Å². The number of halogens is 1. The largest absolute Gasteiger partial charge is 0.309 e. The lowest BCUT2D eigenvalue weighted by Gasteiger charge is -2.35. The number of pyridine rings is 1. The Balaban J connectivity index is 1.61. The molecular weight excluding hydrogens is 314 g/mol. The van der Waals surface area contributed by atoms with Gasteiger partial charge in [0.15, 0.2) is 0 Å². The van der Waals surface area contributed by atoms with Crippen molar-refractivity contribution in [3.8, 4) is 0 Å². The molecule has 0 aliphatic carbocycles. The van der Waals surface area contributed by atoms with E-state index in [1.807, 2.05) is 13.0 Å². The van der Waals surface area contributed by atoms with Crippen molar-refractivity contribution in [3.05, 3.63) is 41.3 Å². The summed E-state index contributed by atoms with van der Waals surface area (Å²) in [5.74, 6) is 0.869. The van der Waals surface area contributed by atoms with Gasteiger partial charge >= 0.3 is 0 Å². The normalized spacial score (nSPS) is 20.2. The van der Waals surface area contributed by atoms with E-state index in [0.29, 0.717) is 16.8 Å². The number of H-pyrrole nitrogens is 1. The van der Waals surface area contributed by atoms with E-state index < -0.39 is 0 Å². The molecule has 7 heteroatoms. The molecule has 0 unspecified atom stereocenters. The van der Waals surface area contributed by atoms with Gasteiger partial charge in [0, 0.05) is 30.6 Å². The second kappa shape index (κ2) is 7.10. The number of hydrogen-bond acceptors (Lipinski definition) is 4. The van der Waals surface area contributed by atoms with Crippen molar-refractivity contribution in [2.45, 2.75) is 31.7 Å². The number of hydrogen-bond donors (Lipinski definition) is 2. The highest BCUT2D eigenvalue weighted by molar-refractivity contribution is 6.30. The van der Waals surface area contributed by atoms with Gasteiger partial charge in [0.1, 0.15) is 5.82 Å². The molecule has 1 saturated heterocycles. The molecule has 1 aliphatic heterocycles. The topological polar surface area (TPSA) is 73.9 Å². The molecule has 122 valence electrons. The van der Waals surface area contributed by atoms with Crippen molar-refractivity contribution in [2.24, 2.45) is 0 Å². The Morgan fingerprint density at radius 3 is 3.04 bits per heavy atom. The molecule has 2 atom stereocenters. The third-order valence-corrected chi connectivity index (χ3v) is 4.54. The molecule has 1 fully saturated rings. The summed E-state index contributed by atoms with van der Waals surface area (Å²) in [5, 5.41) is 10.5. The van der Waals surface area contributed by atoms with Crippen molar-refractivity contribution in [3.63, 3.8) is 0 Å². The van der Waals surface area contributed by atoms with Crippen molar-refractivity contribution in [1.29, 1.82) is 0 Å². The van der Waals surface area contributed by atoms with Crippen LogP contribution in [0.5, 0.6) is 0 Å². The monoisotopic (exact) mass is 333 g/mol. The number of aromatic amines is 1. The van der Waals surface area contributed by atoms with E-state index in [2.05, 4.69) is 25.4 Å². The Labute approximate surface area is 140 Å². The van der Waals surface area contributed by atoms with E-state index in [9.17, 15) is 4.79 Å². The third-order valence-electron chi connectivity index (χ3n) is 4.32. The second-order valence-corrected chi connectivity index (χ2v) is 6.31. The maximum Gasteiger partial charge on any atom is 0.242 e. The summed E-state index contributed by atoms with van der Waals surface area (Å²) in [4.78, 5) is 18.8. The SMILES string of the molecule is C[C@H](C(=O)Nc1ccc(Cl)cn1)N1CCC[C@@H](c2ccn[nH]2)C1. The molecule has 1 amide bonds. The minimum Gasteiger partial charge on any atom is -0.309 e. The van der Waals surface area contributed by atoms with Gasteiger partial charge in [0.2, 0.25) is 5.91 Å². The number of aromatic nitrogens is 3. The first-order chi connectivity index (χ1) is 11.1. The first kappa shape index (κ1) is 16.0. The zero-order valence-corrected chi connectivity index (χ0v) is 13.8. The minimum absolute atomic E-state index is 0.0508. The number of carbonyl (C=O) groups is 1. The molecule has 3 heterocycles. The minimum atomic E-state index is -0.210. The molecule has 1 aliphatic rings. The smallest absolute Gasteiger partial charge is 0.242 e. The van der Waals surface area contributed by atoms with Crippen LogP contribution in [0.3, 0.4) is 0 Å². The summed E-state index contributed by atoms with van der Waals surface area (Å²) >= 11 is 5.81. The van der Waals surface area contributed by atoms with Crippen molar-refractivity contribution in [1.82, 2.24) is 20.1 Å². The predicted molar refractivity (Wildman–Crippen MR) is 89.5 cm³/mol. The molecule has 23 heavy (non-hydrogen) atoms. The van der Waals surface area contributed by atoms with Crippen molar-refractivity contribution < 1.29 is 4.79 Å². The number of amides is 1. The van der Waals surface area contributed by atoms with Gasteiger partial charge < -0.3 is 5.32 Å². The lowest BCUT2D eigenvalue weighted by Crippen LogP contribution is -2.46. The fourth-order valence-corrected chi connectivity index (χ4v) is 3.06.